The van der Waals surface area contributed by atoms with Gasteiger partial charge in [0, 0.05) is 37.1 Å². The van der Waals surface area contributed by atoms with Gasteiger partial charge in [-0.25, -0.2) is 4.98 Å². The molecule has 2 aromatic heterocycles. The molecule has 1 amide bonds. The number of imidazole rings is 1. The quantitative estimate of drug-likeness (QED) is 0.742. The molecule has 1 atom stereocenters. The Morgan fingerprint density at radius 2 is 2.33 bits per heavy atom. The number of fused-ring (bicyclic) bond motifs is 1. The highest BCUT2D eigenvalue weighted by Crippen LogP contribution is 2.28. The number of aromatic nitrogens is 3. The van der Waals surface area contributed by atoms with Crippen molar-refractivity contribution in [3.63, 3.8) is 0 Å². The minimum absolute atomic E-state index is 0.0848. The number of rotatable bonds is 4. The van der Waals surface area contributed by atoms with Crippen LogP contribution in [0.25, 0.3) is 11.1 Å². The summed E-state index contributed by atoms with van der Waals surface area (Å²) >= 11 is 6.03. The Labute approximate surface area is 162 Å². The van der Waals surface area contributed by atoms with Crippen LogP contribution in [-0.2, 0) is 11.3 Å². The minimum atomic E-state index is -0.0848. The second kappa shape index (κ2) is 7.23. The lowest BCUT2D eigenvalue weighted by molar-refractivity contribution is -0.135. The molecular formula is C19H22ClN5O2. The first-order valence-corrected chi connectivity index (χ1v) is 9.44. The predicted octanol–water partition coefficient (Wildman–Crippen LogP) is 3.39. The smallest absolute Gasteiger partial charge is 0.298 e. The fourth-order valence-corrected chi connectivity index (χ4v) is 3.70. The van der Waals surface area contributed by atoms with E-state index in [9.17, 15) is 4.79 Å². The molecule has 3 aromatic rings. The summed E-state index contributed by atoms with van der Waals surface area (Å²) in [5, 5.41) is 0.629. The topological polar surface area (TPSA) is 78.3 Å². The van der Waals surface area contributed by atoms with Crippen molar-refractivity contribution in [2.45, 2.75) is 26.3 Å². The first kappa shape index (κ1) is 17.9. The average Bonchev–Trinajstić information content (AvgIpc) is 3.26. The van der Waals surface area contributed by atoms with Gasteiger partial charge in [0.2, 0.25) is 5.91 Å². The first-order valence-electron chi connectivity index (χ1n) is 9.06. The van der Waals surface area contributed by atoms with E-state index in [0.717, 1.165) is 36.4 Å². The highest BCUT2D eigenvalue weighted by atomic mass is 35.5. The largest absolute Gasteiger partial charge is 0.423 e. The Hall–Kier alpha value is -2.54. The van der Waals surface area contributed by atoms with Crippen LogP contribution >= 0.6 is 11.6 Å². The van der Waals surface area contributed by atoms with E-state index >= 15 is 0 Å². The summed E-state index contributed by atoms with van der Waals surface area (Å²) in [6.45, 7) is 3.85. The Balaban J connectivity index is 1.45. The highest BCUT2D eigenvalue weighted by molar-refractivity contribution is 6.31. The fourth-order valence-electron chi connectivity index (χ4n) is 3.54. The van der Waals surface area contributed by atoms with Crippen molar-refractivity contribution in [1.29, 1.82) is 0 Å². The lowest BCUT2D eigenvalue weighted by Crippen LogP contribution is -2.43. The summed E-state index contributed by atoms with van der Waals surface area (Å²) in [5.41, 5.74) is 2.43. The van der Waals surface area contributed by atoms with Crippen LogP contribution in [0, 0.1) is 12.8 Å². The third-order valence-corrected chi connectivity index (χ3v) is 5.13. The molecule has 4 rings (SSSR count). The number of aryl methyl sites for hydroxylation is 1. The maximum Gasteiger partial charge on any atom is 0.298 e. The van der Waals surface area contributed by atoms with Gasteiger partial charge in [-0.05, 0) is 38.0 Å². The van der Waals surface area contributed by atoms with Gasteiger partial charge in [0.1, 0.15) is 11.3 Å². The van der Waals surface area contributed by atoms with Gasteiger partial charge in [0.15, 0.2) is 5.58 Å². The number of benzene rings is 1. The molecule has 3 heterocycles. The van der Waals surface area contributed by atoms with E-state index in [0.29, 0.717) is 29.7 Å². The molecule has 0 saturated carbocycles. The zero-order chi connectivity index (χ0) is 19.0. The van der Waals surface area contributed by atoms with Crippen LogP contribution in [0.4, 0.5) is 6.01 Å². The summed E-state index contributed by atoms with van der Waals surface area (Å²) in [7, 11) is 1.82. The number of oxazole rings is 1. The van der Waals surface area contributed by atoms with Crippen LogP contribution in [0.15, 0.2) is 28.8 Å². The molecule has 0 aliphatic carbocycles. The molecular weight excluding hydrogens is 366 g/mol. The zero-order valence-corrected chi connectivity index (χ0v) is 16.2. The summed E-state index contributed by atoms with van der Waals surface area (Å²) < 4.78 is 5.87. The molecule has 8 heteroatoms. The van der Waals surface area contributed by atoms with Gasteiger partial charge in [-0.1, -0.05) is 11.6 Å². The molecule has 0 bridgehead atoms. The summed E-state index contributed by atoms with van der Waals surface area (Å²) in [6, 6.07) is 5.94. The van der Waals surface area contributed by atoms with E-state index in [1.165, 1.54) is 0 Å². The van der Waals surface area contributed by atoms with Crippen LogP contribution < -0.4 is 4.90 Å². The third kappa shape index (κ3) is 3.78. The van der Waals surface area contributed by atoms with Gasteiger partial charge < -0.3 is 19.2 Å². The summed E-state index contributed by atoms with van der Waals surface area (Å²) in [6.07, 6.45) is 3.56. The molecule has 7 nitrogen and oxygen atoms in total. The molecule has 1 N–H and O–H groups in total. The van der Waals surface area contributed by atoms with E-state index < -0.39 is 0 Å². The molecule has 1 unspecified atom stereocenters. The Morgan fingerprint density at radius 1 is 1.48 bits per heavy atom. The number of aromatic amines is 1. The van der Waals surface area contributed by atoms with Gasteiger partial charge in [-0.15, -0.1) is 0 Å². The molecule has 1 aromatic carbocycles. The molecule has 27 heavy (non-hydrogen) atoms. The Kier molecular flexibility index (Phi) is 4.78. The van der Waals surface area contributed by atoms with Crippen LogP contribution in [0.5, 0.6) is 0 Å². The number of carbonyl (C=O) groups is 1. The third-order valence-electron chi connectivity index (χ3n) is 4.90. The van der Waals surface area contributed by atoms with Crippen molar-refractivity contribution in [2.75, 3.05) is 25.0 Å². The van der Waals surface area contributed by atoms with Crippen LogP contribution in [0.2, 0.25) is 5.02 Å². The van der Waals surface area contributed by atoms with E-state index in [-0.39, 0.29) is 11.8 Å². The van der Waals surface area contributed by atoms with Crippen LogP contribution in [0.1, 0.15) is 24.4 Å². The van der Waals surface area contributed by atoms with Crippen molar-refractivity contribution in [3.05, 3.63) is 40.9 Å². The molecule has 0 spiro atoms. The molecule has 1 saturated heterocycles. The van der Waals surface area contributed by atoms with E-state index in [4.69, 9.17) is 16.0 Å². The zero-order valence-electron chi connectivity index (χ0n) is 15.4. The van der Waals surface area contributed by atoms with Crippen molar-refractivity contribution >= 4 is 34.6 Å². The van der Waals surface area contributed by atoms with E-state index in [1.54, 1.807) is 23.2 Å². The number of nitrogens with zero attached hydrogens (tertiary/aromatic N) is 4. The molecule has 0 radical (unpaired) electrons. The minimum Gasteiger partial charge on any atom is -0.423 e. The number of amides is 1. The van der Waals surface area contributed by atoms with Crippen molar-refractivity contribution in [1.82, 2.24) is 19.9 Å². The average molecular weight is 388 g/mol. The molecule has 1 aliphatic heterocycles. The monoisotopic (exact) mass is 387 g/mol. The fraction of sp³-hybridized carbons (Fsp3) is 0.421. The van der Waals surface area contributed by atoms with Gasteiger partial charge in [-0.2, -0.15) is 4.98 Å². The van der Waals surface area contributed by atoms with Crippen LogP contribution in [-0.4, -0.2) is 45.9 Å². The van der Waals surface area contributed by atoms with Gasteiger partial charge in [0.05, 0.1) is 12.5 Å². The SMILES string of the molecule is Cc1cnc(CN(C)C(=O)C2CCCN(c3nc4cc(Cl)ccc4o3)C2)[nH]1. The van der Waals surface area contributed by atoms with E-state index in [2.05, 4.69) is 15.0 Å². The second-order valence-electron chi connectivity index (χ2n) is 7.10. The summed E-state index contributed by atoms with van der Waals surface area (Å²) in [5.74, 6) is 0.832. The number of halogens is 1. The van der Waals surface area contributed by atoms with Gasteiger partial charge in [-0.3, -0.25) is 4.79 Å². The number of hydrogen-bond donors (Lipinski definition) is 1. The predicted molar refractivity (Wildman–Crippen MR) is 104 cm³/mol. The van der Waals surface area contributed by atoms with Crippen molar-refractivity contribution < 1.29 is 9.21 Å². The normalized spacial score (nSPS) is 17.4. The standard InChI is InChI=1S/C19H22ClN5O2/c1-12-9-21-17(22-12)11-24(2)18(26)13-4-3-7-25(10-13)19-23-15-8-14(20)5-6-16(15)27-19/h5-6,8-9,13H,3-4,7,10-11H2,1-2H3,(H,21,22). The maximum absolute atomic E-state index is 12.9. The van der Waals surface area contributed by atoms with Crippen molar-refractivity contribution in [3.8, 4) is 0 Å². The highest BCUT2D eigenvalue weighted by Gasteiger charge is 2.30. The lowest BCUT2D eigenvalue weighted by Gasteiger charge is -2.32. The maximum atomic E-state index is 12.9. The summed E-state index contributed by atoms with van der Waals surface area (Å²) in [4.78, 5) is 28.7. The number of anilines is 1. The van der Waals surface area contributed by atoms with Crippen molar-refractivity contribution in [2.24, 2.45) is 5.92 Å². The Bertz CT molecular complexity index is 966. The second-order valence-corrected chi connectivity index (χ2v) is 7.54. The number of H-pyrrole nitrogens is 1. The molecule has 1 fully saturated rings. The molecule has 142 valence electrons. The molecule has 1 aliphatic rings. The number of piperidine rings is 1. The van der Waals surface area contributed by atoms with Gasteiger partial charge >= 0.3 is 0 Å². The van der Waals surface area contributed by atoms with E-state index in [1.807, 2.05) is 24.9 Å². The number of nitrogens with one attached hydrogen (secondary N) is 1. The number of carbonyl (C=O) groups excluding carboxylic acids is 1. The lowest BCUT2D eigenvalue weighted by atomic mass is 9.97. The van der Waals surface area contributed by atoms with Gasteiger partial charge in [0.25, 0.3) is 6.01 Å². The van der Waals surface area contributed by atoms with Crippen LogP contribution in [0.3, 0.4) is 0 Å². The first-order chi connectivity index (χ1) is 13.0. The Morgan fingerprint density at radius 3 is 3.11 bits per heavy atom. The number of hydrogen-bond acceptors (Lipinski definition) is 5.